The molecule has 1 atom stereocenters. The van der Waals surface area contributed by atoms with Crippen LogP contribution in [0.15, 0.2) is 53.7 Å². The monoisotopic (exact) mass is 427 g/mol. The number of carbonyl (C=O) groups excluding carboxylic acids is 1. The van der Waals surface area contributed by atoms with Crippen molar-refractivity contribution in [2.24, 2.45) is 5.92 Å². The number of hydrogen-bond donors (Lipinski definition) is 1. The van der Waals surface area contributed by atoms with Crippen LogP contribution in [0, 0.1) is 5.92 Å². The average Bonchev–Trinajstić information content (AvgIpc) is 3.19. The largest absolute Gasteiger partial charge is 0.497 e. The molecule has 158 valence electrons. The van der Waals surface area contributed by atoms with Crippen molar-refractivity contribution in [3.05, 3.63) is 54.1 Å². The molecule has 3 aromatic rings. The molecule has 0 saturated carbocycles. The Balaban J connectivity index is 1.70. The molecule has 0 aliphatic carbocycles. The minimum atomic E-state index is -0.354. The van der Waals surface area contributed by atoms with Crippen LogP contribution in [0.25, 0.3) is 0 Å². The van der Waals surface area contributed by atoms with Crippen LogP contribution < -0.4 is 14.8 Å². The molecule has 8 nitrogen and oxygen atoms in total. The lowest BCUT2D eigenvalue weighted by Crippen LogP contribution is -2.30. The lowest BCUT2D eigenvalue weighted by atomic mass is 10.1. The molecular formula is C21H25N5O3S. The van der Waals surface area contributed by atoms with Crippen LogP contribution in [0.4, 0.5) is 5.69 Å². The van der Waals surface area contributed by atoms with Crippen LogP contribution in [0.5, 0.6) is 11.5 Å². The van der Waals surface area contributed by atoms with Crippen LogP contribution in [0.3, 0.4) is 0 Å². The van der Waals surface area contributed by atoms with Gasteiger partial charge in [-0.25, -0.2) is 4.68 Å². The molecule has 9 heteroatoms. The van der Waals surface area contributed by atoms with Gasteiger partial charge in [0.2, 0.25) is 11.1 Å². The first-order chi connectivity index (χ1) is 14.5. The zero-order chi connectivity index (χ0) is 21.5. The predicted octanol–water partition coefficient (Wildman–Crippen LogP) is 3.49. The van der Waals surface area contributed by atoms with Crippen molar-refractivity contribution in [1.29, 1.82) is 0 Å². The van der Waals surface area contributed by atoms with Gasteiger partial charge in [-0.05, 0) is 58.3 Å². The molecule has 0 aliphatic rings. The van der Waals surface area contributed by atoms with Crippen molar-refractivity contribution in [3.8, 4) is 11.5 Å². The van der Waals surface area contributed by atoms with E-state index >= 15 is 0 Å². The molecule has 0 bridgehead atoms. The number of methoxy groups -OCH3 is 2. The van der Waals surface area contributed by atoms with Crippen LogP contribution in [-0.4, -0.2) is 45.6 Å². The van der Waals surface area contributed by atoms with Crippen molar-refractivity contribution in [1.82, 2.24) is 20.2 Å². The van der Waals surface area contributed by atoms with Gasteiger partial charge >= 0.3 is 0 Å². The summed E-state index contributed by atoms with van der Waals surface area (Å²) in [5.74, 6) is 1.51. The Bertz CT molecular complexity index is 958. The Hall–Kier alpha value is -3.07. The highest BCUT2D eigenvalue weighted by Gasteiger charge is 2.26. The lowest BCUT2D eigenvalue weighted by molar-refractivity contribution is -0.116. The first-order valence-electron chi connectivity index (χ1n) is 9.51. The molecule has 2 aromatic carbocycles. The van der Waals surface area contributed by atoms with E-state index in [9.17, 15) is 4.79 Å². The second-order valence-corrected chi connectivity index (χ2v) is 8.08. The summed E-state index contributed by atoms with van der Waals surface area (Å²) in [7, 11) is 3.24. The number of ether oxygens (including phenoxy) is 2. The smallest absolute Gasteiger partial charge is 0.238 e. The van der Waals surface area contributed by atoms with Crippen molar-refractivity contribution < 1.29 is 14.3 Å². The minimum absolute atomic E-state index is 0.0828. The number of carbonyl (C=O) groups is 1. The standard InChI is InChI=1S/C21H25N5O3S/c1-14(2)19(20(27)22-16-7-11-18(29-4)12-8-16)30-21-23-24-25-26(21)13-15-5-9-17(28-3)10-6-15/h5-12,14,19H,13H2,1-4H3,(H,22,27). The van der Waals surface area contributed by atoms with Gasteiger partial charge in [0.05, 0.1) is 26.0 Å². The number of thioether (sulfide) groups is 1. The van der Waals surface area contributed by atoms with E-state index in [1.54, 1.807) is 18.9 Å². The van der Waals surface area contributed by atoms with E-state index in [0.29, 0.717) is 17.4 Å². The number of rotatable bonds is 9. The third-order valence-corrected chi connectivity index (χ3v) is 5.96. The van der Waals surface area contributed by atoms with E-state index in [-0.39, 0.29) is 17.1 Å². The zero-order valence-corrected chi connectivity index (χ0v) is 18.2. The number of nitrogens with one attached hydrogen (secondary N) is 1. The SMILES string of the molecule is COc1ccc(Cn2nnnc2SC(C(=O)Nc2ccc(OC)cc2)C(C)C)cc1. The number of aromatic nitrogens is 4. The molecule has 1 aromatic heterocycles. The Morgan fingerprint density at radius 1 is 1.03 bits per heavy atom. The van der Waals surface area contributed by atoms with Crippen LogP contribution in [0.1, 0.15) is 19.4 Å². The highest BCUT2D eigenvalue weighted by atomic mass is 32.2. The fraction of sp³-hybridized carbons (Fsp3) is 0.333. The molecule has 1 heterocycles. The summed E-state index contributed by atoms with van der Waals surface area (Å²) in [6.45, 7) is 4.51. The van der Waals surface area contributed by atoms with Gasteiger partial charge in [0.15, 0.2) is 0 Å². The second-order valence-electron chi connectivity index (χ2n) is 6.97. The fourth-order valence-corrected chi connectivity index (χ4v) is 3.75. The van der Waals surface area contributed by atoms with Crippen LogP contribution >= 0.6 is 11.8 Å². The van der Waals surface area contributed by atoms with Gasteiger partial charge < -0.3 is 14.8 Å². The summed E-state index contributed by atoms with van der Waals surface area (Å²) in [5, 5.41) is 15.2. The summed E-state index contributed by atoms with van der Waals surface area (Å²) in [4.78, 5) is 12.9. The minimum Gasteiger partial charge on any atom is -0.497 e. The molecule has 0 radical (unpaired) electrons. The number of amides is 1. The van der Waals surface area contributed by atoms with Crippen LogP contribution in [-0.2, 0) is 11.3 Å². The highest BCUT2D eigenvalue weighted by Crippen LogP contribution is 2.28. The molecule has 0 aliphatic heterocycles. The van der Waals surface area contributed by atoms with Gasteiger partial charge in [0.1, 0.15) is 11.5 Å². The van der Waals surface area contributed by atoms with Gasteiger partial charge in [0, 0.05) is 5.69 Å². The maximum atomic E-state index is 12.9. The fourth-order valence-electron chi connectivity index (χ4n) is 2.78. The number of tetrazole rings is 1. The van der Waals surface area contributed by atoms with Crippen molar-refractivity contribution >= 4 is 23.4 Å². The van der Waals surface area contributed by atoms with E-state index in [4.69, 9.17) is 9.47 Å². The summed E-state index contributed by atoms with van der Waals surface area (Å²) >= 11 is 1.36. The summed E-state index contributed by atoms with van der Waals surface area (Å²) < 4.78 is 12.0. The van der Waals surface area contributed by atoms with Gasteiger partial charge in [-0.1, -0.05) is 37.7 Å². The maximum Gasteiger partial charge on any atom is 0.238 e. The molecule has 1 N–H and O–H groups in total. The zero-order valence-electron chi connectivity index (χ0n) is 17.4. The number of hydrogen-bond acceptors (Lipinski definition) is 7. The van der Waals surface area contributed by atoms with E-state index < -0.39 is 0 Å². The van der Waals surface area contributed by atoms with E-state index in [0.717, 1.165) is 17.1 Å². The normalized spacial score (nSPS) is 11.9. The van der Waals surface area contributed by atoms with E-state index in [1.165, 1.54) is 11.8 Å². The predicted molar refractivity (Wildman–Crippen MR) is 116 cm³/mol. The van der Waals surface area contributed by atoms with Gasteiger partial charge in [-0.3, -0.25) is 4.79 Å². The Morgan fingerprint density at radius 3 is 2.20 bits per heavy atom. The van der Waals surface area contributed by atoms with E-state index in [1.807, 2.05) is 62.4 Å². The highest BCUT2D eigenvalue weighted by molar-refractivity contribution is 8.00. The van der Waals surface area contributed by atoms with Gasteiger partial charge in [-0.2, -0.15) is 0 Å². The second kappa shape index (κ2) is 10.1. The number of anilines is 1. The topological polar surface area (TPSA) is 91.2 Å². The van der Waals surface area contributed by atoms with Crippen molar-refractivity contribution in [3.63, 3.8) is 0 Å². The van der Waals surface area contributed by atoms with Crippen molar-refractivity contribution in [2.45, 2.75) is 30.8 Å². The number of nitrogens with zero attached hydrogens (tertiary/aromatic N) is 4. The van der Waals surface area contributed by atoms with Gasteiger partial charge in [-0.15, -0.1) is 5.10 Å². The number of benzene rings is 2. The Labute approximate surface area is 180 Å². The molecule has 30 heavy (non-hydrogen) atoms. The van der Waals surface area contributed by atoms with E-state index in [2.05, 4.69) is 20.8 Å². The Morgan fingerprint density at radius 2 is 1.63 bits per heavy atom. The summed E-state index contributed by atoms with van der Waals surface area (Å²) in [5.41, 5.74) is 1.75. The quantitative estimate of drug-likeness (QED) is 0.523. The third-order valence-electron chi connectivity index (χ3n) is 4.44. The summed E-state index contributed by atoms with van der Waals surface area (Å²) in [6.07, 6.45) is 0. The Kier molecular flexibility index (Phi) is 7.29. The molecular weight excluding hydrogens is 402 g/mol. The van der Waals surface area contributed by atoms with Crippen molar-refractivity contribution in [2.75, 3.05) is 19.5 Å². The third kappa shape index (κ3) is 5.50. The van der Waals surface area contributed by atoms with Crippen LogP contribution in [0.2, 0.25) is 0 Å². The summed E-state index contributed by atoms with van der Waals surface area (Å²) in [6, 6.07) is 15.0. The lowest BCUT2D eigenvalue weighted by Gasteiger charge is -2.19. The average molecular weight is 428 g/mol. The molecule has 3 rings (SSSR count). The molecule has 0 saturated heterocycles. The first-order valence-corrected chi connectivity index (χ1v) is 10.4. The molecule has 0 fully saturated rings. The van der Waals surface area contributed by atoms with Gasteiger partial charge in [0.25, 0.3) is 0 Å². The first kappa shape index (κ1) is 21.6. The maximum absolute atomic E-state index is 12.9. The molecule has 0 spiro atoms. The molecule has 1 amide bonds. The molecule has 1 unspecified atom stereocenters.